The predicted molar refractivity (Wildman–Crippen MR) is 107 cm³/mol. The summed E-state index contributed by atoms with van der Waals surface area (Å²) in [5, 5.41) is 21.4. The zero-order valence-corrected chi connectivity index (χ0v) is 15.5. The number of nitrogens with zero attached hydrogens (tertiary/aromatic N) is 4. The molecule has 0 spiro atoms. The summed E-state index contributed by atoms with van der Waals surface area (Å²) in [6.07, 6.45) is 1.38. The predicted octanol–water partition coefficient (Wildman–Crippen LogP) is 2.72. The lowest BCUT2D eigenvalue weighted by molar-refractivity contribution is -0.128. The highest BCUT2D eigenvalue weighted by Crippen LogP contribution is 2.15. The maximum atomic E-state index is 12.7. The Hall–Kier alpha value is -3.61. The van der Waals surface area contributed by atoms with E-state index >= 15 is 0 Å². The minimum absolute atomic E-state index is 0.0317. The number of rotatable bonds is 5. The standard InChI is InChI=1S/C22H21N5O/c23-14-19-8-4-5-9-21(19)25-16-20(15-24)22(28)27-12-10-26(11-13-27)17-18-6-2-1-3-7-18/h1-9,16,25H,10-13,17H2/b20-16-. The van der Waals surface area contributed by atoms with Gasteiger partial charge >= 0.3 is 0 Å². The van der Waals surface area contributed by atoms with Gasteiger partial charge in [0.05, 0.1) is 11.3 Å². The van der Waals surface area contributed by atoms with Crippen LogP contribution in [0.25, 0.3) is 0 Å². The lowest BCUT2D eigenvalue weighted by atomic mass is 10.1. The van der Waals surface area contributed by atoms with Crippen LogP contribution in [0.5, 0.6) is 0 Å². The highest BCUT2D eigenvalue weighted by atomic mass is 16.2. The first-order valence-corrected chi connectivity index (χ1v) is 9.13. The molecule has 2 aromatic carbocycles. The number of nitrogens with one attached hydrogen (secondary N) is 1. The monoisotopic (exact) mass is 371 g/mol. The number of anilines is 1. The van der Waals surface area contributed by atoms with E-state index in [9.17, 15) is 10.1 Å². The highest BCUT2D eigenvalue weighted by molar-refractivity contribution is 5.97. The average Bonchev–Trinajstić information content (AvgIpc) is 2.75. The Morgan fingerprint density at radius 3 is 2.36 bits per heavy atom. The normalized spacial score (nSPS) is 14.8. The molecule has 6 heteroatoms. The first-order valence-electron chi connectivity index (χ1n) is 9.13. The van der Waals surface area contributed by atoms with Gasteiger partial charge in [-0.3, -0.25) is 9.69 Å². The highest BCUT2D eigenvalue weighted by Gasteiger charge is 2.23. The zero-order valence-electron chi connectivity index (χ0n) is 15.5. The Kier molecular flexibility index (Phi) is 6.41. The van der Waals surface area contributed by atoms with Crippen molar-refractivity contribution in [1.82, 2.24) is 9.80 Å². The molecule has 2 aromatic rings. The summed E-state index contributed by atoms with van der Waals surface area (Å²) < 4.78 is 0. The van der Waals surface area contributed by atoms with Crippen LogP contribution < -0.4 is 5.32 Å². The van der Waals surface area contributed by atoms with Gasteiger partial charge in [-0.25, -0.2) is 0 Å². The molecule has 140 valence electrons. The Morgan fingerprint density at radius 2 is 1.68 bits per heavy atom. The summed E-state index contributed by atoms with van der Waals surface area (Å²) >= 11 is 0. The van der Waals surface area contributed by atoms with Gasteiger partial charge < -0.3 is 10.2 Å². The van der Waals surface area contributed by atoms with Crippen LogP contribution in [-0.4, -0.2) is 41.9 Å². The molecule has 1 aliphatic rings. The van der Waals surface area contributed by atoms with Crippen LogP contribution in [0.4, 0.5) is 5.69 Å². The molecule has 0 aliphatic carbocycles. The second-order valence-corrected chi connectivity index (χ2v) is 6.53. The Morgan fingerprint density at radius 1 is 1.00 bits per heavy atom. The number of nitriles is 2. The molecule has 6 nitrogen and oxygen atoms in total. The van der Waals surface area contributed by atoms with Gasteiger partial charge in [0.25, 0.3) is 5.91 Å². The van der Waals surface area contributed by atoms with Crippen molar-refractivity contribution < 1.29 is 4.79 Å². The number of hydrogen-bond acceptors (Lipinski definition) is 5. The van der Waals surface area contributed by atoms with E-state index in [0.29, 0.717) is 24.3 Å². The van der Waals surface area contributed by atoms with Crippen LogP contribution in [0.1, 0.15) is 11.1 Å². The van der Waals surface area contributed by atoms with Crippen LogP contribution in [0.3, 0.4) is 0 Å². The van der Waals surface area contributed by atoms with Gasteiger partial charge in [-0.2, -0.15) is 10.5 Å². The second-order valence-electron chi connectivity index (χ2n) is 6.53. The zero-order chi connectivity index (χ0) is 19.8. The van der Waals surface area contributed by atoms with E-state index in [1.165, 1.54) is 11.8 Å². The van der Waals surface area contributed by atoms with Crippen LogP contribution in [-0.2, 0) is 11.3 Å². The quantitative estimate of drug-likeness (QED) is 0.645. The molecule has 28 heavy (non-hydrogen) atoms. The van der Waals surface area contributed by atoms with Gasteiger partial charge in [0.1, 0.15) is 17.7 Å². The summed E-state index contributed by atoms with van der Waals surface area (Å²) in [6.45, 7) is 3.56. The molecule has 0 bridgehead atoms. The smallest absolute Gasteiger partial charge is 0.266 e. The fourth-order valence-corrected chi connectivity index (χ4v) is 3.12. The summed E-state index contributed by atoms with van der Waals surface area (Å²) in [4.78, 5) is 16.7. The van der Waals surface area contributed by atoms with E-state index in [-0.39, 0.29) is 11.5 Å². The van der Waals surface area contributed by atoms with Crippen molar-refractivity contribution in [3.63, 3.8) is 0 Å². The molecular formula is C22H21N5O. The van der Waals surface area contributed by atoms with Crippen LogP contribution in [0, 0.1) is 22.7 Å². The summed E-state index contributed by atoms with van der Waals surface area (Å²) in [5.74, 6) is -0.288. The Balaban J connectivity index is 1.58. The first-order chi connectivity index (χ1) is 13.7. The number of para-hydroxylation sites is 1. The van der Waals surface area contributed by atoms with Crippen molar-refractivity contribution in [2.45, 2.75) is 6.54 Å². The van der Waals surface area contributed by atoms with Gasteiger partial charge in [0, 0.05) is 38.9 Å². The molecule has 0 atom stereocenters. The van der Waals surface area contributed by atoms with Gasteiger partial charge in [0.15, 0.2) is 0 Å². The van der Waals surface area contributed by atoms with Gasteiger partial charge in [-0.15, -0.1) is 0 Å². The molecule has 1 aliphatic heterocycles. The molecule has 0 saturated carbocycles. The van der Waals surface area contributed by atoms with E-state index < -0.39 is 0 Å². The van der Waals surface area contributed by atoms with Crippen molar-refractivity contribution in [3.8, 4) is 12.1 Å². The van der Waals surface area contributed by atoms with Crippen LogP contribution >= 0.6 is 0 Å². The van der Waals surface area contributed by atoms with E-state index in [1.807, 2.05) is 24.3 Å². The van der Waals surface area contributed by atoms with Gasteiger partial charge in [0.2, 0.25) is 0 Å². The van der Waals surface area contributed by atoms with Crippen molar-refractivity contribution in [2.75, 3.05) is 31.5 Å². The average molecular weight is 371 g/mol. The fraction of sp³-hybridized carbons (Fsp3) is 0.227. The summed E-state index contributed by atoms with van der Waals surface area (Å²) in [5.41, 5.74) is 2.31. The molecular weight excluding hydrogens is 350 g/mol. The fourth-order valence-electron chi connectivity index (χ4n) is 3.12. The third-order valence-electron chi connectivity index (χ3n) is 4.68. The molecule has 1 N–H and O–H groups in total. The topological polar surface area (TPSA) is 83.2 Å². The Bertz CT molecular complexity index is 931. The summed E-state index contributed by atoms with van der Waals surface area (Å²) in [7, 11) is 0. The van der Waals surface area contributed by atoms with E-state index in [0.717, 1.165) is 19.6 Å². The molecule has 1 heterocycles. The van der Waals surface area contributed by atoms with Gasteiger partial charge in [-0.1, -0.05) is 42.5 Å². The Labute approximate surface area is 164 Å². The number of carbonyl (C=O) groups is 1. The third-order valence-corrected chi connectivity index (χ3v) is 4.68. The third kappa shape index (κ3) is 4.76. The number of hydrogen-bond donors (Lipinski definition) is 1. The van der Waals surface area contributed by atoms with E-state index in [2.05, 4.69) is 28.4 Å². The number of carbonyl (C=O) groups excluding carboxylic acids is 1. The molecule has 0 aromatic heterocycles. The van der Waals surface area contributed by atoms with Crippen LogP contribution in [0.15, 0.2) is 66.4 Å². The minimum atomic E-state index is -0.288. The van der Waals surface area contributed by atoms with Crippen molar-refractivity contribution in [2.24, 2.45) is 0 Å². The first kappa shape index (κ1) is 19.2. The van der Waals surface area contributed by atoms with E-state index in [1.54, 1.807) is 29.2 Å². The SMILES string of the molecule is N#C/C(=C/Nc1ccccc1C#N)C(=O)N1CCN(Cc2ccccc2)CC1. The number of benzene rings is 2. The van der Waals surface area contributed by atoms with Crippen molar-refractivity contribution in [1.29, 1.82) is 10.5 Å². The van der Waals surface area contributed by atoms with Crippen LogP contribution in [0.2, 0.25) is 0 Å². The lowest BCUT2D eigenvalue weighted by Crippen LogP contribution is -2.48. The molecule has 3 rings (SSSR count). The number of amides is 1. The maximum absolute atomic E-state index is 12.7. The molecule has 1 amide bonds. The van der Waals surface area contributed by atoms with Crippen molar-refractivity contribution in [3.05, 3.63) is 77.5 Å². The maximum Gasteiger partial charge on any atom is 0.266 e. The summed E-state index contributed by atoms with van der Waals surface area (Å²) in [6, 6.07) is 21.2. The van der Waals surface area contributed by atoms with E-state index in [4.69, 9.17) is 5.26 Å². The lowest BCUT2D eigenvalue weighted by Gasteiger charge is -2.34. The number of piperazine rings is 1. The van der Waals surface area contributed by atoms with Crippen molar-refractivity contribution >= 4 is 11.6 Å². The molecule has 1 fully saturated rings. The molecule has 0 radical (unpaired) electrons. The largest absolute Gasteiger partial charge is 0.359 e. The second kappa shape index (κ2) is 9.36. The minimum Gasteiger partial charge on any atom is -0.359 e. The molecule has 0 unspecified atom stereocenters. The molecule has 1 saturated heterocycles. The van der Waals surface area contributed by atoms with Gasteiger partial charge in [-0.05, 0) is 17.7 Å².